The first-order valence-corrected chi connectivity index (χ1v) is 11.8. The zero-order valence-corrected chi connectivity index (χ0v) is 21.3. The molecule has 4 aromatic rings. The molecule has 0 spiro atoms. The van der Waals surface area contributed by atoms with Crippen molar-refractivity contribution in [2.24, 2.45) is 10.9 Å². The van der Waals surface area contributed by atoms with E-state index in [4.69, 9.17) is 19.2 Å². The Labute approximate surface area is 212 Å². The molecule has 0 aliphatic rings. The molecule has 0 saturated heterocycles. The number of hydrogen-bond donors (Lipinski definition) is 0. The van der Waals surface area contributed by atoms with E-state index in [1.54, 1.807) is 42.0 Å². The Morgan fingerprint density at radius 1 is 1.05 bits per heavy atom. The third-order valence-electron chi connectivity index (χ3n) is 5.64. The van der Waals surface area contributed by atoms with Gasteiger partial charge in [0.05, 0.1) is 26.2 Å². The van der Waals surface area contributed by atoms with Crippen molar-refractivity contribution >= 4 is 28.6 Å². The number of methoxy groups -OCH3 is 2. The Morgan fingerprint density at radius 3 is 2.38 bits per heavy atom. The maximum absolute atomic E-state index is 13.4. The molecule has 192 valence electrons. The van der Waals surface area contributed by atoms with Crippen LogP contribution in [0.15, 0.2) is 58.4 Å². The molecule has 10 nitrogen and oxygen atoms in total. The predicted molar refractivity (Wildman–Crippen MR) is 137 cm³/mol. The summed E-state index contributed by atoms with van der Waals surface area (Å²) in [6, 6.07) is 11.3. The van der Waals surface area contributed by atoms with E-state index in [9.17, 15) is 14.4 Å². The summed E-state index contributed by atoms with van der Waals surface area (Å²) in [4.78, 5) is 48.9. The van der Waals surface area contributed by atoms with E-state index in [-0.39, 0.29) is 40.1 Å². The van der Waals surface area contributed by atoms with Crippen LogP contribution in [0.25, 0.3) is 16.7 Å². The summed E-state index contributed by atoms with van der Waals surface area (Å²) in [5.41, 5.74) is 0.642. The quantitative estimate of drug-likeness (QED) is 0.280. The molecule has 0 N–H and O–H groups in total. The van der Waals surface area contributed by atoms with Crippen molar-refractivity contribution in [3.63, 3.8) is 0 Å². The van der Waals surface area contributed by atoms with Crippen LogP contribution in [0.1, 0.15) is 41.5 Å². The molecule has 0 aliphatic heterocycles. The molecule has 0 bridgehead atoms. The molecule has 0 aliphatic carbocycles. The number of esters is 1. The number of rotatable bonds is 7. The van der Waals surface area contributed by atoms with Crippen molar-refractivity contribution in [3.05, 3.63) is 75.6 Å². The first kappa shape index (κ1) is 25.6. The number of hydrogen-bond acceptors (Lipinski definition) is 7. The lowest BCUT2D eigenvalue weighted by Crippen LogP contribution is -2.33. The monoisotopic (exact) mass is 504 g/mol. The Bertz CT molecular complexity index is 1610. The SMILES string of the molecule is CCOC(=O)c1cc2c(=O)n3ccccc3nc2n(CC(C)C)c1=NC(=O)c1cc(OC)cc(OC)c1. The van der Waals surface area contributed by atoms with E-state index in [2.05, 4.69) is 4.99 Å². The highest BCUT2D eigenvalue weighted by Crippen LogP contribution is 2.23. The number of fused-ring (bicyclic) bond motifs is 2. The lowest BCUT2D eigenvalue weighted by molar-refractivity contribution is 0.0523. The summed E-state index contributed by atoms with van der Waals surface area (Å²) < 4.78 is 18.9. The molecule has 4 rings (SSSR count). The van der Waals surface area contributed by atoms with Crippen molar-refractivity contribution in [2.75, 3.05) is 20.8 Å². The van der Waals surface area contributed by atoms with Gasteiger partial charge < -0.3 is 18.8 Å². The van der Waals surface area contributed by atoms with Gasteiger partial charge in [0.25, 0.3) is 11.5 Å². The highest BCUT2D eigenvalue weighted by Gasteiger charge is 2.21. The van der Waals surface area contributed by atoms with Crippen LogP contribution < -0.4 is 20.5 Å². The molecular formula is C27H28N4O6. The van der Waals surface area contributed by atoms with Gasteiger partial charge in [-0.05, 0) is 43.2 Å². The smallest absolute Gasteiger partial charge is 0.341 e. The number of carbonyl (C=O) groups excluding carboxylic acids is 2. The molecule has 37 heavy (non-hydrogen) atoms. The minimum Gasteiger partial charge on any atom is -0.497 e. The second-order valence-corrected chi connectivity index (χ2v) is 8.71. The zero-order valence-electron chi connectivity index (χ0n) is 21.3. The summed E-state index contributed by atoms with van der Waals surface area (Å²) in [6.45, 7) is 6.07. The second kappa shape index (κ2) is 10.7. The number of carbonyl (C=O) groups is 2. The predicted octanol–water partition coefficient (Wildman–Crippen LogP) is 3.24. The minimum absolute atomic E-state index is 0.00649. The van der Waals surface area contributed by atoms with E-state index in [0.29, 0.717) is 29.3 Å². The van der Waals surface area contributed by atoms with E-state index >= 15 is 0 Å². The second-order valence-electron chi connectivity index (χ2n) is 8.71. The van der Waals surface area contributed by atoms with Gasteiger partial charge in [-0.2, -0.15) is 4.99 Å². The van der Waals surface area contributed by atoms with Gasteiger partial charge >= 0.3 is 5.97 Å². The highest BCUT2D eigenvalue weighted by atomic mass is 16.5. The number of benzene rings is 1. The summed E-state index contributed by atoms with van der Waals surface area (Å²) >= 11 is 0. The number of nitrogens with zero attached hydrogens (tertiary/aromatic N) is 4. The third kappa shape index (κ3) is 5.09. The van der Waals surface area contributed by atoms with Crippen molar-refractivity contribution < 1.29 is 23.8 Å². The van der Waals surface area contributed by atoms with Crippen molar-refractivity contribution in [1.29, 1.82) is 0 Å². The summed E-state index contributed by atoms with van der Waals surface area (Å²) in [6.07, 6.45) is 1.61. The molecule has 3 aromatic heterocycles. The molecular weight excluding hydrogens is 476 g/mol. The van der Waals surface area contributed by atoms with Gasteiger partial charge in [0.1, 0.15) is 28.4 Å². The van der Waals surface area contributed by atoms with Gasteiger partial charge in [0.2, 0.25) is 0 Å². The molecule has 0 unspecified atom stereocenters. The maximum Gasteiger partial charge on any atom is 0.341 e. The first-order valence-electron chi connectivity index (χ1n) is 11.8. The molecule has 0 saturated carbocycles. The van der Waals surface area contributed by atoms with Crippen LogP contribution in [0.4, 0.5) is 0 Å². The lowest BCUT2D eigenvalue weighted by atomic mass is 10.1. The largest absolute Gasteiger partial charge is 0.497 e. The van der Waals surface area contributed by atoms with E-state index in [1.165, 1.54) is 36.8 Å². The van der Waals surface area contributed by atoms with Gasteiger partial charge in [-0.15, -0.1) is 0 Å². The van der Waals surface area contributed by atoms with Crippen molar-refractivity contribution in [1.82, 2.24) is 14.0 Å². The Kier molecular flexibility index (Phi) is 7.37. The van der Waals surface area contributed by atoms with Crippen LogP contribution in [-0.2, 0) is 11.3 Å². The van der Waals surface area contributed by atoms with Crippen molar-refractivity contribution in [3.8, 4) is 11.5 Å². The maximum atomic E-state index is 13.4. The molecule has 0 fully saturated rings. The Hall–Kier alpha value is -4.47. The number of aromatic nitrogens is 3. The lowest BCUT2D eigenvalue weighted by Gasteiger charge is -2.16. The average Bonchev–Trinajstić information content (AvgIpc) is 2.89. The summed E-state index contributed by atoms with van der Waals surface area (Å²) in [5, 5.41) is 0.210. The molecule has 0 atom stereocenters. The van der Waals surface area contributed by atoms with E-state index < -0.39 is 11.9 Å². The van der Waals surface area contributed by atoms with Gasteiger partial charge in [-0.3, -0.25) is 14.0 Å². The topological polar surface area (TPSA) is 113 Å². The normalized spacial score (nSPS) is 11.8. The highest BCUT2D eigenvalue weighted by molar-refractivity contribution is 5.97. The fourth-order valence-corrected chi connectivity index (χ4v) is 3.99. The van der Waals surface area contributed by atoms with E-state index in [1.807, 2.05) is 13.8 Å². The summed E-state index contributed by atoms with van der Waals surface area (Å²) in [7, 11) is 2.96. The standard InChI is InChI=1S/C27H28N4O6/c1-6-37-27(34)21-14-20-23(28-22-9-7-8-10-30(22)26(20)33)31(15-16(2)3)24(21)29-25(32)17-11-18(35-4)13-19(12-17)36-5/h7-14,16H,6,15H2,1-5H3. The van der Waals surface area contributed by atoms with Crippen LogP contribution in [-0.4, -0.2) is 46.7 Å². The number of ether oxygens (including phenoxy) is 3. The zero-order chi connectivity index (χ0) is 26.7. The van der Waals surface area contributed by atoms with Crippen LogP contribution in [0.2, 0.25) is 0 Å². The molecule has 1 amide bonds. The van der Waals surface area contributed by atoms with Crippen LogP contribution in [0, 0.1) is 5.92 Å². The number of pyridine rings is 2. The van der Waals surface area contributed by atoms with Gasteiger partial charge in [-0.1, -0.05) is 19.9 Å². The molecule has 0 radical (unpaired) electrons. The van der Waals surface area contributed by atoms with E-state index in [0.717, 1.165) is 0 Å². The van der Waals surface area contributed by atoms with Gasteiger partial charge in [-0.25, -0.2) is 9.78 Å². The number of amides is 1. The third-order valence-corrected chi connectivity index (χ3v) is 5.64. The Morgan fingerprint density at radius 2 is 1.76 bits per heavy atom. The molecule has 1 aromatic carbocycles. The summed E-state index contributed by atoms with van der Waals surface area (Å²) in [5.74, 6) is -0.425. The fraction of sp³-hybridized carbons (Fsp3) is 0.296. The minimum atomic E-state index is -0.700. The van der Waals surface area contributed by atoms with Crippen molar-refractivity contribution in [2.45, 2.75) is 27.3 Å². The fourth-order valence-electron chi connectivity index (χ4n) is 3.99. The van der Waals surface area contributed by atoms with Crippen LogP contribution in [0.3, 0.4) is 0 Å². The average molecular weight is 505 g/mol. The van der Waals surface area contributed by atoms with Crippen LogP contribution >= 0.6 is 0 Å². The molecule has 10 heteroatoms. The first-order chi connectivity index (χ1) is 17.8. The van der Waals surface area contributed by atoms with Gasteiger partial charge in [0.15, 0.2) is 5.49 Å². The Balaban J connectivity index is 2.11. The molecule has 3 heterocycles. The van der Waals surface area contributed by atoms with Crippen LogP contribution in [0.5, 0.6) is 11.5 Å². The van der Waals surface area contributed by atoms with Gasteiger partial charge in [0, 0.05) is 24.4 Å².